The van der Waals surface area contributed by atoms with E-state index in [-0.39, 0.29) is 18.4 Å². The molecule has 0 aliphatic heterocycles. The van der Waals surface area contributed by atoms with Crippen molar-refractivity contribution in [2.75, 3.05) is 13.6 Å². The SMILES string of the molecule is CNC(=O)CNC(=O)c1cccc(OCc2nsnc2C)c1. The maximum absolute atomic E-state index is 11.9. The van der Waals surface area contributed by atoms with Gasteiger partial charge in [-0.25, -0.2) is 0 Å². The van der Waals surface area contributed by atoms with E-state index in [1.54, 1.807) is 24.3 Å². The molecule has 8 heteroatoms. The van der Waals surface area contributed by atoms with Gasteiger partial charge in [0.15, 0.2) is 0 Å². The monoisotopic (exact) mass is 320 g/mol. The summed E-state index contributed by atoms with van der Waals surface area (Å²) in [4.78, 5) is 23.1. The molecular formula is C14H16N4O3S. The smallest absolute Gasteiger partial charge is 0.251 e. The van der Waals surface area contributed by atoms with Gasteiger partial charge >= 0.3 is 0 Å². The summed E-state index contributed by atoms with van der Waals surface area (Å²) >= 11 is 1.14. The van der Waals surface area contributed by atoms with Gasteiger partial charge in [0.25, 0.3) is 5.91 Å². The van der Waals surface area contributed by atoms with Crippen LogP contribution in [0.15, 0.2) is 24.3 Å². The molecule has 1 aromatic heterocycles. The number of nitrogens with zero attached hydrogens (tertiary/aromatic N) is 2. The number of carbonyl (C=O) groups is 2. The predicted octanol–water partition coefficient (Wildman–Crippen LogP) is 0.901. The average molecular weight is 320 g/mol. The van der Waals surface area contributed by atoms with Crippen molar-refractivity contribution in [3.05, 3.63) is 41.2 Å². The fraction of sp³-hybridized carbons (Fsp3) is 0.286. The van der Waals surface area contributed by atoms with E-state index >= 15 is 0 Å². The highest BCUT2D eigenvalue weighted by molar-refractivity contribution is 6.99. The topological polar surface area (TPSA) is 93.2 Å². The molecule has 0 radical (unpaired) electrons. The van der Waals surface area contributed by atoms with E-state index in [0.29, 0.717) is 17.9 Å². The van der Waals surface area contributed by atoms with Gasteiger partial charge in [0.2, 0.25) is 5.91 Å². The molecular weight excluding hydrogens is 304 g/mol. The van der Waals surface area contributed by atoms with E-state index in [0.717, 1.165) is 23.1 Å². The zero-order chi connectivity index (χ0) is 15.9. The molecule has 0 aliphatic rings. The molecule has 0 unspecified atom stereocenters. The first kappa shape index (κ1) is 15.9. The maximum Gasteiger partial charge on any atom is 0.251 e. The maximum atomic E-state index is 11.9. The Bertz CT molecular complexity index is 672. The van der Waals surface area contributed by atoms with Crippen molar-refractivity contribution in [1.82, 2.24) is 19.4 Å². The molecule has 0 fully saturated rings. The Balaban J connectivity index is 1.96. The predicted molar refractivity (Wildman–Crippen MR) is 81.8 cm³/mol. The minimum absolute atomic E-state index is 0.0654. The van der Waals surface area contributed by atoms with Crippen molar-refractivity contribution in [3.63, 3.8) is 0 Å². The molecule has 2 rings (SSSR count). The number of benzene rings is 1. The fourth-order valence-corrected chi connectivity index (χ4v) is 2.16. The Morgan fingerprint density at radius 3 is 2.82 bits per heavy atom. The third kappa shape index (κ3) is 4.26. The number of aromatic nitrogens is 2. The number of hydrogen-bond acceptors (Lipinski definition) is 6. The van der Waals surface area contributed by atoms with Crippen LogP contribution in [-0.4, -0.2) is 34.2 Å². The highest BCUT2D eigenvalue weighted by atomic mass is 32.1. The van der Waals surface area contributed by atoms with E-state index in [1.807, 2.05) is 6.92 Å². The van der Waals surface area contributed by atoms with Gasteiger partial charge in [-0.3, -0.25) is 9.59 Å². The lowest BCUT2D eigenvalue weighted by Gasteiger charge is -2.08. The number of nitrogens with one attached hydrogen (secondary N) is 2. The molecule has 0 saturated heterocycles. The third-order valence-corrected chi connectivity index (χ3v) is 3.56. The van der Waals surface area contributed by atoms with Crippen LogP contribution >= 0.6 is 11.7 Å². The van der Waals surface area contributed by atoms with E-state index in [1.165, 1.54) is 7.05 Å². The first-order chi connectivity index (χ1) is 10.6. The second-order valence-electron chi connectivity index (χ2n) is 4.47. The molecule has 0 saturated carbocycles. The molecule has 22 heavy (non-hydrogen) atoms. The molecule has 0 bridgehead atoms. The van der Waals surface area contributed by atoms with Crippen molar-refractivity contribution in [1.29, 1.82) is 0 Å². The summed E-state index contributed by atoms with van der Waals surface area (Å²) in [5, 5.41) is 4.96. The van der Waals surface area contributed by atoms with Gasteiger partial charge in [0.05, 0.1) is 24.0 Å². The van der Waals surface area contributed by atoms with Gasteiger partial charge in [-0.2, -0.15) is 8.75 Å². The first-order valence-corrected chi connectivity index (χ1v) is 7.33. The number of likely N-dealkylation sites (N-methyl/N-ethyl adjacent to an activating group) is 1. The number of rotatable bonds is 6. The Labute approximate surface area is 132 Å². The van der Waals surface area contributed by atoms with E-state index in [2.05, 4.69) is 19.4 Å². The van der Waals surface area contributed by atoms with Gasteiger partial charge in [-0.15, -0.1) is 0 Å². The molecule has 0 aliphatic carbocycles. The summed E-state index contributed by atoms with van der Waals surface area (Å²) in [6, 6.07) is 6.75. The van der Waals surface area contributed by atoms with E-state index in [4.69, 9.17) is 4.74 Å². The van der Waals surface area contributed by atoms with Crippen LogP contribution in [0.1, 0.15) is 21.7 Å². The second-order valence-corrected chi connectivity index (χ2v) is 5.00. The molecule has 0 spiro atoms. The van der Waals surface area contributed by atoms with Crippen molar-refractivity contribution in [3.8, 4) is 5.75 Å². The van der Waals surface area contributed by atoms with Crippen LogP contribution in [0.5, 0.6) is 5.75 Å². The Morgan fingerprint density at radius 2 is 2.14 bits per heavy atom. The molecule has 2 N–H and O–H groups in total. The van der Waals surface area contributed by atoms with Crippen LogP contribution in [0.3, 0.4) is 0 Å². The number of hydrogen-bond donors (Lipinski definition) is 2. The molecule has 1 aromatic carbocycles. The summed E-state index contributed by atoms with van der Waals surface area (Å²) < 4.78 is 13.8. The summed E-state index contributed by atoms with van der Waals surface area (Å²) in [6.45, 7) is 2.10. The quantitative estimate of drug-likeness (QED) is 0.825. The van der Waals surface area contributed by atoms with Gasteiger partial charge in [0, 0.05) is 12.6 Å². The summed E-state index contributed by atoms with van der Waals surface area (Å²) in [6.07, 6.45) is 0. The van der Waals surface area contributed by atoms with Crippen molar-refractivity contribution in [2.24, 2.45) is 0 Å². The lowest BCUT2D eigenvalue weighted by molar-refractivity contribution is -0.119. The number of aryl methyl sites for hydroxylation is 1. The molecule has 7 nitrogen and oxygen atoms in total. The fourth-order valence-electron chi connectivity index (χ4n) is 1.61. The van der Waals surface area contributed by atoms with Crippen molar-refractivity contribution in [2.45, 2.75) is 13.5 Å². The van der Waals surface area contributed by atoms with Gasteiger partial charge in [-0.1, -0.05) is 6.07 Å². The lowest BCUT2D eigenvalue weighted by atomic mass is 10.2. The standard InChI is InChI=1S/C14H16N4O3S/c1-9-12(18-22-17-9)8-21-11-5-3-4-10(6-11)14(20)16-7-13(19)15-2/h3-6H,7-8H2,1-2H3,(H,15,19)(H,16,20). The second kappa shape index (κ2) is 7.51. The van der Waals surface area contributed by atoms with Crippen molar-refractivity contribution >= 4 is 23.5 Å². The normalized spacial score (nSPS) is 10.1. The van der Waals surface area contributed by atoms with Gasteiger partial charge in [0.1, 0.15) is 18.1 Å². The summed E-state index contributed by atoms with van der Waals surface area (Å²) in [5.41, 5.74) is 2.04. The lowest BCUT2D eigenvalue weighted by Crippen LogP contribution is -2.35. The summed E-state index contributed by atoms with van der Waals surface area (Å²) in [5.74, 6) is -0.0344. The Morgan fingerprint density at radius 1 is 1.32 bits per heavy atom. The van der Waals surface area contributed by atoms with Crippen LogP contribution in [0, 0.1) is 6.92 Å². The van der Waals surface area contributed by atoms with Gasteiger partial charge in [-0.05, 0) is 25.1 Å². The Kier molecular flexibility index (Phi) is 5.42. The minimum Gasteiger partial charge on any atom is -0.487 e. The highest BCUT2D eigenvalue weighted by Crippen LogP contribution is 2.16. The first-order valence-electron chi connectivity index (χ1n) is 6.60. The van der Waals surface area contributed by atoms with Crippen LogP contribution in [-0.2, 0) is 11.4 Å². The Hall–Kier alpha value is -2.48. The number of amides is 2. The van der Waals surface area contributed by atoms with Crippen molar-refractivity contribution < 1.29 is 14.3 Å². The minimum atomic E-state index is -0.333. The highest BCUT2D eigenvalue weighted by Gasteiger charge is 2.09. The van der Waals surface area contributed by atoms with E-state index < -0.39 is 0 Å². The molecule has 2 amide bonds. The van der Waals surface area contributed by atoms with E-state index in [9.17, 15) is 9.59 Å². The van der Waals surface area contributed by atoms with Crippen LogP contribution in [0.2, 0.25) is 0 Å². The average Bonchev–Trinajstić information content (AvgIpc) is 2.95. The van der Waals surface area contributed by atoms with Crippen LogP contribution in [0.25, 0.3) is 0 Å². The number of ether oxygens (including phenoxy) is 1. The summed E-state index contributed by atoms with van der Waals surface area (Å²) in [7, 11) is 1.51. The zero-order valence-corrected chi connectivity index (χ0v) is 13.1. The van der Waals surface area contributed by atoms with Crippen LogP contribution < -0.4 is 15.4 Å². The van der Waals surface area contributed by atoms with Gasteiger partial charge < -0.3 is 15.4 Å². The van der Waals surface area contributed by atoms with Crippen LogP contribution in [0.4, 0.5) is 0 Å². The molecule has 2 aromatic rings. The number of carbonyl (C=O) groups excluding carboxylic acids is 2. The zero-order valence-electron chi connectivity index (χ0n) is 12.3. The molecule has 1 heterocycles. The molecule has 0 atom stereocenters. The molecule has 116 valence electrons. The largest absolute Gasteiger partial charge is 0.487 e. The third-order valence-electron chi connectivity index (χ3n) is 2.91.